The number of nitrogen functional groups attached to an aromatic ring is 1. The van der Waals surface area contributed by atoms with Gasteiger partial charge in [-0.2, -0.15) is 0 Å². The molecule has 0 radical (unpaired) electrons. The number of carbonyl (C=O) groups is 1. The van der Waals surface area contributed by atoms with E-state index >= 15 is 0 Å². The number of aryl methyl sites for hydroxylation is 1. The summed E-state index contributed by atoms with van der Waals surface area (Å²) in [4.78, 5) is 12.3. The first-order valence-corrected chi connectivity index (χ1v) is 7.97. The fourth-order valence-corrected chi connectivity index (χ4v) is 2.31. The molecule has 1 amide bonds. The second-order valence-corrected chi connectivity index (χ2v) is 5.78. The van der Waals surface area contributed by atoms with Crippen LogP contribution < -0.4 is 20.5 Å². The Labute approximate surface area is 154 Å². The van der Waals surface area contributed by atoms with Gasteiger partial charge < -0.3 is 20.5 Å². The Balaban J connectivity index is 0.00000312. The zero-order chi connectivity index (χ0) is 17.5. The number of halogens is 1. The van der Waals surface area contributed by atoms with Crippen molar-refractivity contribution in [2.75, 3.05) is 18.2 Å². The SMILES string of the molecule is COc1ccc(OC(C)C)c(NC(=O)CCc2ccccc2N)c1.Cl. The van der Waals surface area contributed by atoms with Gasteiger partial charge in [0.05, 0.1) is 18.9 Å². The van der Waals surface area contributed by atoms with E-state index in [4.69, 9.17) is 15.2 Å². The Morgan fingerprint density at radius 1 is 1.20 bits per heavy atom. The topological polar surface area (TPSA) is 73.6 Å². The highest BCUT2D eigenvalue weighted by Gasteiger charge is 2.11. The summed E-state index contributed by atoms with van der Waals surface area (Å²) in [5, 5.41) is 2.90. The van der Waals surface area contributed by atoms with Crippen LogP contribution in [0.25, 0.3) is 0 Å². The maximum absolute atomic E-state index is 12.3. The monoisotopic (exact) mass is 364 g/mol. The summed E-state index contributed by atoms with van der Waals surface area (Å²) < 4.78 is 11.0. The Morgan fingerprint density at radius 2 is 1.92 bits per heavy atom. The van der Waals surface area contributed by atoms with E-state index in [9.17, 15) is 4.79 Å². The molecule has 6 heteroatoms. The lowest BCUT2D eigenvalue weighted by atomic mass is 10.1. The number of nitrogens with two attached hydrogens (primary N) is 1. The molecule has 0 spiro atoms. The van der Waals surface area contributed by atoms with Crippen molar-refractivity contribution >= 4 is 29.7 Å². The van der Waals surface area contributed by atoms with Crippen LogP contribution in [-0.4, -0.2) is 19.1 Å². The molecule has 2 aromatic rings. The van der Waals surface area contributed by atoms with Crippen molar-refractivity contribution in [3.8, 4) is 11.5 Å². The number of anilines is 2. The van der Waals surface area contributed by atoms with E-state index in [1.165, 1.54) is 0 Å². The van der Waals surface area contributed by atoms with E-state index < -0.39 is 0 Å². The molecule has 0 aliphatic carbocycles. The lowest BCUT2D eigenvalue weighted by Crippen LogP contribution is -2.15. The summed E-state index contributed by atoms with van der Waals surface area (Å²) in [7, 11) is 1.59. The van der Waals surface area contributed by atoms with Crippen molar-refractivity contribution in [1.29, 1.82) is 0 Å². The molecule has 0 atom stereocenters. The molecule has 25 heavy (non-hydrogen) atoms. The third kappa shape index (κ3) is 6.19. The third-order valence-corrected chi connectivity index (χ3v) is 3.50. The molecule has 5 nitrogen and oxygen atoms in total. The van der Waals surface area contributed by atoms with Crippen molar-refractivity contribution in [3.63, 3.8) is 0 Å². The van der Waals surface area contributed by atoms with Crippen LogP contribution in [0.15, 0.2) is 42.5 Å². The van der Waals surface area contributed by atoms with E-state index in [1.807, 2.05) is 38.1 Å². The van der Waals surface area contributed by atoms with Crippen LogP contribution >= 0.6 is 12.4 Å². The van der Waals surface area contributed by atoms with Crippen molar-refractivity contribution in [3.05, 3.63) is 48.0 Å². The van der Waals surface area contributed by atoms with E-state index in [2.05, 4.69) is 5.32 Å². The van der Waals surface area contributed by atoms with Crippen molar-refractivity contribution in [2.45, 2.75) is 32.8 Å². The highest BCUT2D eigenvalue weighted by atomic mass is 35.5. The average Bonchev–Trinajstić information content (AvgIpc) is 2.55. The molecule has 0 saturated carbocycles. The molecule has 0 fully saturated rings. The zero-order valence-corrected chi connectivity index (χ0v) is 15.6. The summed E-state index contributed by atoms with van der Waals surface area (Å²) in [6.07, 6.45) is 0.938. The molecule has 0 aliphatic rings. The number of amides is 1. The lowest BCUT2D eigenvalue weighted by molar-refractivity contribution is -0.116. The normalized spacial score (nSPS) is 10.1. The van der Waals surface area contributed by atoms with Gasteiger partial charge in [0, 0.05) is 18.2 Å². The molecule has 0 bridgehead atoms. The maximum atomic E-state index is 12.3. The van der Waals surface area contributed by atoms with Gasteiger partial charge in [0.25, 0.3) is 0 Å². The zero-order valence-electron chi connectivity index (χ0n) is 14.7. The summed E-state index contributed by atoms with van der Waals surface area (Å²) in [5.74, 6) is 1.19. The van der Waals surface area contributed by atoms with Gasteiger partial charge in [0.15, 0.2) is 0 Å². The van der Waals surface area contributed by atoms with Gasteiger partial charge in [0.1, 0.15) is 11.5 Å². The molecule has 0 aliphatic heterocycles. The number of rotatable bonds is 7. The Kier molecular flexibility index (Phi) is 8.08. The fourth-order valence-electron chi connectivity index (χ4n) is 2.31. The second-order valence-electron chi connectivity index (χ2n) is 5.78. The molecular weight excluding hydrogens is 340 g/mol. The number of hydrogen-bond donors (Lipinski definition) is 2. The summed E-state index contributed by atoms with van der Waals surface area (Å²) in [6.45, 7) is 3.88. The number of ether oxygens (including phenoxy) is 2. The lowest BCUT2D eigenvalue weighted by Gasteiger charge is -2.16. The van der Waals surface area contributed by atoms with Crippen molar-refractivity contribution < 1.29 is 14.3 Å². The predicted octanol–water partition coefficient (Wildman–Crippen LogP) is 4.06. The highest BCUT2D eigenvalue weighted by Crippen LogP contribution is 2.30. The van der Waals surface area contributed by atoms with Gasteiger partial charge in [-0.05, 0) is 44.0 Å². The van der Waals surface area contributed by atoms with Crippen LogP contribution in [0.5, 0.6) is 11.5 Å². The predicted molar refractivity (Wildman–Crippen MR) is 104 cm³/mol. The Morgan fingerprint density at radius 3 is 2.56 bits per heavy atom. The molecule has 0 saturated heterocycles. The van der Waals surface area contributed by atoms with Crippen LogP contribution in [0, 0.1) is 0 Å². The minimum atomic E-state index is -0.0971. The van der Waals surface area contributed by atoms with Gasteiger partial charge in [0.2, 0.25) is 5.91 Å². The summed E-state index contributed by atoms with van der Waals surface area (Å²) in [5.41, 5.74) is 8.19. The molecule has 0 heterocycles. The van der Waals surface area contributed by atoms with Crippen LogP contribution in [0.2, 0.25) is 0 Å². The standard InChI is InChI=1S/C19H24N2O3.ClH/c1-13(2)24-18-10-9-15(23-3)12-17(18)21-19(22)11-8-14-6-4-5-7-16(14)20;/h4-7,9-10,12-13H,8,11,20H2,1-3H3,(H,21,22);1H. The van der Waals surface area contributed by atoms with Gasteiger partial charge in [-0.1, -0.05) is 18.2 Å². The summed E-state index contributed by atoms with van der Waals surface area (Å²) >= 11 is 0. The Hall–Kier alpha value is -2.40. The first-order chi connectivity index (χ1) is 11.5. The molecule has 2 aromatic carbocycles. The second kappa shape index (κ2) is 9.79. The number of nitrogens with one attached hydrogen (secondary N) is 1. The van der Waals surface area contributed by atoms with Crippen LogP contribution in [0.4, 0.5) is 11.4 Å². The van der Waals surface area contributed by atoms with Crippen molar-refractivity contribution in [2.24, 2.45) is 0 Å². The first-order valence-electron chi connectivity index (χ1n) is 7.97. The van der Waals surface area contributed by atoms with Gasteiger partial charge in [-0.15, -0.1) is 12.4 Å². The van der Waals surface area contributed by atoms with E-state index in [-0.39, 0.29) is 24.4 Å². The number of methoxy groups -OCH3 is 1. The van der Waals surface area contributed by atoms with Crippen LogP contribution in [0.3, 0.4) is 0 Å². The van der Waals surface area contributed by atoms with E-state index in [0.29, 0.717) is 35.7 Å². The van der Waals surface area contributed by atoms with Crippen LogP contribution in [0.1, 0.15) is 25.8 Å². The highest BCUT2D eigenvalue weighted by molar-refractivity contribution is 5.92. The summed E-state index contributed by atoms with van der Waals surface area (Å²) in [6, 6.07) is 12.9. The average molecular weight is 365 g/mol. The third-order valence-electron chi connectivity index (χ3n) is 3.50. The fraction of sp³-hybridized carbons (Fsp3) is 0.316. The largest absolute Gasteiger partial charge is 0.497 e. The minimum absolute atomic E-state index is 0. The Bertz CT molecular complexity index is 705. The number of hydrogen-bond acceptors (Lipinski definition) is 4. The number of carbonyl (C=O) groups excluding carboxylic acids is 1. The van der Waals surface area contributed by atoms with Crippen molar-refractivity contribution in [1.82, 2.24) is 0 Å². The number of para-hydroxylation sites is 1. The van der Waals surface area contributed by atoms with E-state index in [0.717, 1.165) is 5.56 Å². The quantitative estimate of drug-likeness (QED) is 0.726. The molecule has 3 N–H and O–H groups in total. The minimum Gasteiger partial charge on any atom is -0.497 e. The van der Waals surface area contributed by atoms with E-state index in [1.54, 1.807) is 25.3 Å². The molecule has 136 valence electrons. The molecule has 2 rings (SSSR count). The molecule has 0 aromatic heterocycles. The van der Waals surface area contributed by atoms with Gasteiger partial charge in [-0.3, -0.25) is 4.79 Å². The number of benzene rings is 2. The molecule has 0 unspecified atom stereocenters. The van der Waals surface area contributed by atoms with Gasteiger partial charge in [-0.25, -0.2) is 0 Å². The molecular formula is C19H25ClN2O3. The van der Waals surface area contributed by atoms with Crippen LogP contribution in [-0.2, 0) is 11.2 Å². The smallest absolute Gasteiger partial charge is 0.224 e. The first kappa shape index (κ1) is 20.6. The van der Waals surface area contributed by atoms with Gasteiger partial charge >= 0.3 is 0 Å². The maximum Gasteiger partial charge on any atom is 0.224 e.